The molecule has 1 fully saturated rings. The van der Waals surface area contributed by atoms with Crippen molar-refractivity contribution in [3.63, 3.8) is 0 Å². The maximum absolute atomic E-state index is 14.0. The number of aromatic nitrogens is 1. The first kappa shape index (κ1) is 25.3. The minimum Gasteiger partial charge on any atom is -0.474 e. The lowest BCUT2D eigenvalue weighted by Gasteiger charge is -2.32. The Kier molecular flexibility index (Phi) is 8.51. The van der Waals surface area contributed by atoms with Gasteiger partial charge in [0.15, 0.2) is 0 Å². The summed E-state index contributed by atoms with van der Waals surface area (Å²) in [6.45, 7) is 0.932. The Hall–Kier alpha value is -2.78. The number of halogens is 3. The van der Waals surface area contributed by atoms with Gasteiger partial charge in [0.25, 0.3) is 5.91 Å². The molecule has 1 N–H and O–H groups in total. The molecule has 1 saturated heterocycles. The van der Waals surface area contributed by atoms with Crippen molar-refractivity contribution in [2.45, 2.75) is 31.8 Å². The first-order valence-electron chi connectivity index (χ1n) is 11.3. The first-order valence-corrected chi connectivity index (χ1v) is 12.9. The van der Waals surface area contributed by atoms with Crippen LogP contribution in [0.15, 0.2) is 69.7 Å². The average Bonchev–Trinajstić information content (AvgIpc) is 2.86. The topological polar surface area (TPSA) is 71.5 Å². The van der Waals surface area contributed by atoms with E-state index in [9.17, 15) is 14.0 Å². The van der Waals surface area contributed by atoms with Crippen molar-refractivity contribution < 1.29 is 18.7 Å². The number of pyridine rings is 1. The van der Waals surface area contributed by atoms with Crippen LogP contribution in [0.25, 0.3) is 0 Å². The number of nitrogens with one attached hydrogen (secondary N) is 1. The van der Waals surface area contributed by atoms with Crippen LogP contribution in [0.4, 0.5) is 10.1 Å². The highest BCUT2D eigenvalue weighted by atomic mass is 79.9. The van der Waals surface area contributed by atoms with Gasteiger partial charge >= 0.3 is 0 Å². The van der Waals surface area contributed by atoms with Crippen molar-refractivity contribution >= 4 is 49.4 Å². The zero-order chi connectivity index (χ0) is 24.8. The van der Waals surface area contributed by atoms with Crippen LogP contribution in [0.5, 0.6) is 5.88 Å². The van der Waals surface area contributed by atoms with Crippen LogP contribution in [0, 0.1) is 5.82 Å². The van der Waals surface area contributed by atoms with Gasteiger partial charge < -0.3 is 15.0 Å². The molecule has 2 aromatic carbocycles. The first-order chi connectivity index (χ1) is 16.9. The van der Waals surface area contributed by atoms with Gasteiger partial charge in [-0.05, 0) is 64.3 Å². The van der Waals surface area contributed by atoms with Gasteiger partial charge in [0.05, 0.1) is 11.3 Å². The van der Waals surface area contributed by atoms with Gasteiger partial charge in [-0.15, -0.1) is 0 Å². The quantitative estimate of drug-likeness (QED) is 0.359. The predicted octanol–water partition coefficient (Wildman–Crippen LogP) is 6.00. The van der Waals surface area contributed by atoms with Crippen LogP contribution in [-0.2, 0) is 11.2 Å². The third-order valence-corrected chi connectivity index (χ3v) is 6.75. The Bertz CT molecular complexity index is 1180. The Balaban J connectivity index is 1.35. The molecule has 6 nitrogen and oxygen atoms in total. The molecule has 2 amide bonds. The minimum absolute atomic E-state index is 0.0574. The molecule has 0 bridgehead atoms. The van der Waals surface area contributed by atoms with E-state index < -0.39 is 5.82 Å². The summed E-state index contributed by atoms with van der Waals surface area (Å²) >= 11 is 6.74. The van der Waals surface area contributed by atoms with Gasteiger partial charge in [-0.1, -0.05) is 28.1 Å². The van der Waals surface area contributed by atoms with E-state index in [1.807, 2.05) is 30.3 Å². The van der Waals surface area contributed by atoms with Crippen LogP contribution in [0.1, 0.15) is 35.2 Å². The largest absolute Gasteiger partial charge is 0.474 e. The van der Waals surface area contributed by atoms with Crippen molar-refractivity contribution in [2.75, 3.05) is 18.4 Å². The van der Waals surface area contributed by atoms with Crippen LogP contribution >= 0.6 is 31.9 Å². The molecule has 182 valence electrons. The van der Waals surface area contributed by atoms with Crippen molar-refractivity contribution in [1.82, 2.24) is 9.88 Å². The number of carbonyl (C=O) groups excluding carboxylic acids is 2. The predicted molar refractivity (Wildman–Crippen MR) is 139 cm³/mol. The number of aryl methyl sites for hydroxylation is 1. The van der Waals surface area contributed by atoms with Crippen LogP contribution < -0.4 is 10.1 Å². The van der Waals surface area contributed by atoms with Gasteiger partial charge in [-0.3, -0.25) is 9.59 Å². The number of piperidine rings is 1. The van der Waals surface area contributed by atoms with Crippen molar-refractivity contribution in [3.8, 4) is 5.88 Å². The van der Waals surface area contributed by atoms with Crippen LogP contribution in [0.2, 0.25) is 0 Å². The van der Waals surface area contributed by atoms with E-state index in [2.05, 4.69) is 42.2 Å². The molecule has 0 spiro atoms. The van der Waals surface area contributed by atoms with E-state index in [1.54, 1.807) is 17.2 Å². The number of anilines is 1. The van der Waals surface area contributed by atoms with Crippen LogP contribution in [0.3, 0.4) is 0 Å². The molecule has 1 aromatic heterocycles. The number of ether oxygens (including phenoxy) is 1. The van der Waals surface area contributed by atoms with E-state index >= 15 is 0 Å². The molecule has 2 heterocycles. The molecular formula is C26H24Br2FN3O3. The summed E-state index contributed by atoms with van der Waals surface area (Å²) in [4.78, 5) is 31.7. The third kappa shape index (κ3) is 7.11. The van der Waals surface area contributed by atoms with E-state index in [0.717, 1.165) is 14.5 Å². The van der Waals surface area contributed by atoms with E-state index in [4.69, 9.17) is 4.74 Å². The zero-order valence-electron chi connectivity index (χ0n) is 18.8. The molecule has 4 rings (SSSR count). The number of hydrogen-bond acceptors (Lipinski definition) is 4. The number of rotatable bonds is 7. The number of nitrogens with zero attached hydrogens (tertiary/aromatic N) is 2. The van der Waals surface area contributed by atoms with Crippen molar-refractivity contribution in [2.24, 2.45) is 0 Å². The molecule has 0 saturated carbocycles. The molecule has 3 aromatic rings. The number of benzene rings is 2. The van der Waals surface area contributed by atoms with Gasteiger partial charge in [-0.2, -0.15) is 0 Å². The molecule has 9 heteroatoms. The summed E-state index contributed by atoms with van der Waals surface area (Å²) in [6, 6.07) is 15.3. The SMILES string of the molecule is O=C(CCc1ccc(Br)cc1)Nc1ccc(F)cc1C(=O)N1CCC(Oc2ccc(Br)cn2)CC1. The molecule has 0 unspecified atom stereocenters. The normalized spacial score (nSPS) is 14.0. The summed E-state index contributed by atoms with van der Waals surface area (Å²) < 4.78 is 21.8. The second-order valence-corrected chi connectivity index (χ2v) is 10.1. The van der Waals surface area contributed by atoms with E-state index in [0.29, 0.717) is 43.9 Å². The standard InChI is InChI=1S/C26H24Br2FN3O3/c27-18-4-1-17(2-5-18)3-9-24(33)31-23-8-7-20(29)15-22(23)26(34)32-13-11-21(12-14-32)35-25-10-6-19(28)16-30-25/h1-2,4-8,10,15-16,21H,3,9,11-14H2,(H,31,33). The summed E-state index contributed by atoms with van der Waals surface area (Å²) in [5.41, 5.74) is 1.49. The summed E-state index contributed by atoms with van der Waals surface area (Å²) in [5, 5.41) is 2.79. The fraction of sp³-hybridized carbons (Fsp3) is 0.269. The molecular weight excluding hydrogens is 581 g/mol. The fourth-order valence-electron chi connectivity index (χ4n) is 3.87. The molecule has 35 heavy (non-hydrogen) atoms. The highest BCUT2D eigenvalue weighted by Gasteiger charge is 2.27. The van der Waals surface area contributed by atoms with E-state index in [1.165, 1.54) is 18.2 Å². The number of carbonyl (C=O) groups is 2. The summed E-state index contributed by atoms with van der Waals surface area (Å²) in [7, 11) is 0. The maximum atomic E-state index is 14.0. The Morgan fingerprint density at radius 2 is 1.74 bits per heavy atom. The lowest BCUT2D eigenvalue weighted by atomic mass is 10.0. The lowest BCUT2D eigenvalue weighted by molar-refractivity contribution is -0.116. The van der Waals surface area contributed by atoms with Crippen LogP contribution in [-0.4, -0.2) is 40.9 Å². The Morgan fingerprint density at radius 1 is 1.03 bits per heavy atom. The minimum atomic E-state index is -0.527. The van der Waals surface area contributed by atoms with Gasteiger partial charge in [0, 0.05) is 53.6 Å². The average molecular weight is 605 g/mol. The highest BCUT2D eigenvalue weighted by molar-refractivity contribution is 9.10. The second-order valence-electron chi connectivity index (χ2n) is 8.29. The number of amides is 2. The van der Waals surface area contributed by atoms with Crippen molar-refractivity contribution in [1.29, 1.82) is 0 Å². The second kappa shape index (κ2) is 11.8. The third-order valence-electron chi connectivity index (χ3n) is 5.76. The Labute approximate surface area is 220 Å². The van der Waals surface area contributed by atoms with E-state index in [-0.39, 0.29) is 29.9 Å². The number of hydrogen-bond donors (Lipinski definition) is 1. The summed E-state index contributed by atoms with van der Waals surface area (Å²) in [6.07, 6.45) is 3.69. The van der Waals surface area contributed by atoms with Gasteiger partial charge in [0.1, 0.15) is 11.9 Å². The molecule has 1 aliphatic rings. The van der Waals surface area contributed by atoms with Gasteiger partial charge in [0.2, 0.25) is 11.8 Å². The monoisotopic (exact) mass is 603 g/mol. The molecule has 0 radical (unpaired) electrons. The molecule has 0 atom stereocenters. The number of likely N-dealkylation sites (tertiary alicyclic amines) is 1. The highest BCUT2D eigenvalue weighted by Crippen LogP contribution is 2.24. The molecule has 1 aliphatic heterocycles. The Morgan fingerprint density at radius 3 is 2.43 bits per heavy atom. The maximum Gasteiger partial charge on any atom is 0.256 e. The fourth-order valence-corrected chi connectivity index (χ4v) is 4.37. The summed E-state index contributed by atoms with van der Waals surface area (Å²) in [5.74, 6) is -0.535. The van der Waals surface area contributed by atoms with Gasteiger partial charge in [-0.25, -0.2) is 9.37 Å². The lowest BCUT2D eigenvalue weighted by Crippen LogP contribution is -2.42. The van der Waals surface area contributed by atoms with Crippen molar-refractivity contribution in [3.05, 3.63) is 86.7 Å². The smallest absolute Gasteiger partial charge is 0.256 e. The zero-order valence-corrected chi connectivity index (χ0v) is 22.0. The molecule has 0 aliphatic carbocycles.